The second kappa shape index (κ2) is 8.25. The summed E-state index contributed by atoms with van der Waals surface area (Å²) in [5.41, 5.74) is 0. The summed E-state index contributed by atoms with van der Waals surface area (Å²) in [5.74, 6) is 0.353. The van der Waals surface area contributed by atoms with Gasteiger partial charge in [-0.3, -0.25) is 0 Å². The maximum atomic E-state index is 9.63. The zero-order valence-corrected chi connectivity index (χ0v) is 10.2. The number of rotatable bonds is 8. The summed E-state index contributed by atoms with van der Waals surface area (Å²) in [6.45, 7) is 9.27. The van der Waals surface area contributed by atoms with Gasteiger partial charge in [-0.1, -0.05) is 40.5 Å². The van der Waals surface area contributed by atoms with E-state index in [0.717, 1.165) is 13.0 Å². The Balaban J connectivity index is 3.60. The van der Waals surface area contributed by atoms with Gasteiger partial charge in [-0.2, -0.15) is 0 Å². The van der Waals surface area contributed by atoms with E-state index in [0.29, 0.717) is 12.0 Å². The highest BCUT2D eigenvalue weighted by molar-refractivity contribution is 4.69. The Labute approximate surface area is 89.1 Å². The topological polar surface area (TPSA) is 32.3 Å². The van der Waals surface area contributed by atoms with Crippen LogP contribution in [0.5, 0.6) is 0 Å². The van der Waals surface area contributed by atoms with Crippen LogP contribution in [0.4, 0.5) is 0 Å². The first-order chi connectivity index (χ1) is 6.61. The van der Waals surface area contributed by atoms with E-state index in [1.165, 1.54) is 19.3 Å². The standard InChI is InChI=1S/C12H27NO/c1-5-7-8-11(6-2)13-9-12(14)10(3)4/h10-14H,5-9H2,1-4H3. The first kappa shape index (κ1) is 13.9. The molecule has 0 aromatic rings. The van der Waals surface area contributed by atoms with Crippen molar-refractivity contribution in [3.05, 3.63) is 0 Å². The summed E-state index contributed by atoms with van der Waals surface area (Å²) in [5, 5.41) is 13.1. The molecule has 0 rings (SSSR count). The van der Waals surface area contributed by atoms with Gasteiger partial charge in [0.1, 0.15) is 0 Å². The number of hydrogen-bond acceptors (Lipinski definition) is 2. The second-order valence-corrected chi connectivity index (χ2v) is 4.47. The molecule has 0 aliphatic heterocycles. The lowest BCUT2D eigenvalue weighted by Crippen LogP contribution is -2.37. The van der Waals surface area contributed by atoms with Gasteiger partial charge in [0.15, 0.2) is 0 Å². The Kier molecular flexibility index (Phi) is 8.20. The predicted molar refractivity (Wildman–Crippen MR) is 62.5 cm³/mol. The molecule has 0 fully saturated rings. The van der Waals surface area contributed by atoms with Crippen LogP contribution in [0.1, 0.15) is 53.4 Å². The first-order valence-corrected chi connectivity index (χ1v) is 6.03. The van der Waals surface area contributed by atoms with Gasteiger partial charge in [-0.05, 0) is 18.8 Å². The van der Waals surface area contributed by atoms with Crippen LogP contribution in [0.3, 0.4) is 0 Å². The average molecular weight is 201 g/mol. The minimum Gasteiger partial charge on any atom is -0.392 e. The molecular weight excluding hydrogens is 174 g/mol. The zero-order valence-electron chi connectivity index (χ0n) is 10.2. The van der Waals surface area contributed by atoms with Gasteiger partial charge in [0.25, 0.3) is 0 Å². The van der Waals surface area contributed by atoms with Crippen LogP contribution >= 0.6 is 0 Å². The lowest BCUT2D eigenvalue weighted by Gasteiger charge is -2.21. The summed E-state index contributed by atoms with van der Waals surface area (Å²) < 4.78 is 0. The molecule has 2 N–H and O–H groups in total. The Morgan fingerprint density at radius 3 is 2.29 bits per heavy atom. The SMILES string of the molecule is CCCCC(CC)NCC(O)C(C)C. The number of hydrogen-bond donors (Lipinski definition) is 2. The smallest absolute Gasteiger partial charge is 0.0687 e. The van der Waals surface area contributed by atoms with Crippen LogP contribution in [-0.2, 0) is 0 Å². The molecular formula is C12H27NO. The molecule has 14 heavy (non-hydrogen) atoms. The summed E-state index contributed by atoms with van der Waals surface area (Å²) in [6.07, 6.45) is 4.72. The van der Waals surface area contributed by atoms with E-state index in [1.54, 1.807) is 0 Å². The summed E-state index contributed by atoms with van der Waals surface area (Å²) in [7, 11) is 0. The Hall–Kier alpha value is -0.0800. The average Bonchev–Trinajstić information content (AvgIpc) is 2.17. The van der Waals surface area contributed by atoms with Crippen molar-refractivity contribution in [2.24, 2.45) is 5.92 Å². The fourth-order valence-corrected chi connectivity index (χ4v) is 1.42. The molecule has 2 unspecified atom stereocenters. The first-order valence-electron chi connectivity index (χ1n) is 6.03. The molecule has 0 aromatic carbocycles. The van der Waals surface area contributed by atoms with E-state index in [-0.39, 0.29) is 6.10 Å². The highest BCUT2D eigenvalue weighted by Crippen LogP contribution is 2.05. The number of aliphatic hydroxyl groups is 1. The van der Waals surface area contributed by atoms with Gasteiger partial charge >= 0.3 is 0 Å². The van der Waals surface area contributed by atoms with E-state index < -0.39 is 0 Å². The van der Waals surface area contributed by atoms with Gasteiger partial charge < -0.3 is 10.4 Å². The monoisotopic (exact) mass is 201 g/mol. The molecule has 0 aliphatic rings. The maximum absolute atomic E-state index is 9.63. The third kappa shape index (κ3) is 6.39. The van der Waals surface area contributed by atoms with E-state index >= 15 is 0 Å². The number of aliphatic hydroxyl groups excluding tert-OH is 1. The van der Waals surface area contributed by atoms with E-state index in [1.807, 2.05) is 0 Å². The van der Waals surface area contributed by atoms with Gasteiger partial charge in [-0.25, -0.2) is 0 Å². The van der Waals surface area contributed by atoms with Gasteiger partial charge in [0.05, 0.1) is 6.10 Å². The summed E-state index contributed by atoms with van der Waals surface area (Å²) >= 11 is 0. The molecule has 0 aliphatic carbocycles. The summed E-state index contributed by atoms with van der Waals surface area (Å²) in [6, 6.07) is 0.586. The minimum absolute atomic E-state index is 0.203. The van der Waals surface area contributed by atoms with Crippen molar-refractivity contribution < 1.29 is 5.11 Å². The fraction of sp³-hybridized carbons (Fsp3) is 1.00. The van der Waals surface area contributed by atoms with Crippen molar-refractivity contribution in [3.63, 3.8) is 0 Å². The molecule has 0 heterocycles. The maximum Gasteiger partial charge on any atom is 0.0687 e. The molecule has 0 bridgehead atoms. The van der Waals surface area contributed by atoms with Crippen LogP contribution in [0.15, 0.2) is 0 Å². The van der Waals surface area contributed by atoms with E-state index in [2.05, 4.69) is 33.0 Å². The Morgan fingerprint density at radius 2 is 1.86 bits per heavy atom. The van der Waals surface area contributed by atoms with E-state index in [4.69, 9.17) is 0 Å². The Morgan fingerprint density at radius 1 is 1.21 bits per heavy atom. The lowest BCUT2D eigenvalue weighted by atomic mass is 10.0. The van der Waals surface area contributed by atoms with Crippen molar-refractivity contribution in [2.75, 3.05) is 6.54 Å². The van der Waals surface area contributed by atoms with Gasteiger partial charge in [0.2, 0.25) is 0 Å². The molecule has 0 spiro atoms. The molecule has 0 saturated carbocycles. The minimum atomic E-state index is -0.203. The van der Waals surface area contributed by atoms with Crippen LogP contribution in [-0.4, -0.2) is 23.8 Å². The van der Waals surface area contributed by atoms with Crippen molar-refractivity contribution in [3.8, 4) is 0 Å². The predicted octanol–water partition coefficient (Wildman–Crippen LogP) is 2.56. The van der Waals surface area contributed by atoms with Crippen LogP contribution in [0.2, 0.25) is 0 Å². The highest BCUT2D eigenvalue weighted by atomic mass is 16.3. The third-order valence-electron chi connectivity index (χ3n) is 2.78. The molecule has 86 valence electrons. The molecule has 0 radical (unpaired) electrons. The molecule has 0 amide bonds. The second-order valence-electron chi connectivity index (χ2n) is 4.47. The van der Waals surface area contributed by atoms with Crippen LogP contribution in [0.25, 0.3) is 0 Å². The number of nitrogens with one attached hydrogen (secondary N) is 1. The van der Waals surface area contributed by atoms with Gasteiger partial charge in [0, 0.05) is 12.6 Å². The van der Waals surface area contributed by atoms with Crippen molar-refractivity contribution >= 4 is 0 Å². The molecule has 2 nitrogen and oxygen atoms in total. The molecule has 0 aromatic heterocycles. The largest absolute Gasteiger partial charge is 0.392 e. The summed E-state index contributed by atoms with van der Waals surface area (Å²) in [4.78, 5) is 0. The quantitative estimate of drug-likeness (QED) is 0.632. The highest BCUT2D eigenvalue weighted by Gasteiger charge is 2.11. The fourth-order valence-electron chi connectivity index (χ4n) is 1.42. The van der Waals surface area contributed by atoms with Crippen LogP contribution in [0, 0.1) is 5.92 Å². The molecule has 0 saturated heterocycles. The Bertz CT molecular complexity index is 125. The zero-order chi connectivity index (χ0) is 11.0. The van der Waals surface area contributed by atoms with Crippen LogP contribution < -0.4 is 5.32 Å². The normalized spacial score (nSPS) is 15.9. The molecule has 2 heteroatoms. The van der Waals surface area contributed by atoms with Crippen molar-refractivity contribution in [1.82, 2.24) is 5.32 Å². The van der Waals surface area contributed by atoms with Crippen molar-refractivity contribution in [2.45, 2.75) is 65.5 Å². The van der Waals surface area contributed by atoms with Crippen molar-refractivity contribution in [1.29, 1.82) is 0 Å². The van der Waals surface area contributed by atoms with E-state index in [9.17, 15) is 5.11 Å². The van der Waals surface area contributed by atoms with Gasteiger partial charge in [-0.15, -0.1) is 0 Å². The molecule has 2 atom stereocenters. The lowest BCUT2D eigenvalue weighted by molar-refractivity contribution is 0.119. The number of unbranched alkanes of at least 4 members (excludes halogenated alkanes) is 1. The third-order valence-corrected chi connectivity index (χ3v) is 2.78.